The van der Waals surface area contributed by atoms with Gasteiger partial charge < -0.3 is 9.47 Å². The summed E-state index contributed by atoms with van der Waals surface area (Å²) in [5.74, 6) is -3.63. The Labute approximate surface area is 192 Å². The minimum Gasteiger partial charge on any atom is -0.490 e. The Morgan fingerprint density at radius 1 is 0.788 bits per heavy atom. The van der Waals surface area contributed by atoms with E-state index in [1.165, 1.54) is 43.5 Å². The van der Waals surface area contributed by atoms with Crippen LogP contribution in [0.3, 0.4) is 0 Å². The Morgan fingerprint density at radius 3 is 2.03 bits per heavy atom. The summed E-state index contributed by atoms with van der Waals surface area (Å²) in [5, 5.41) is 0. The molecule has 0 saturated heterocycles. The van der Waals surface area contributed by atoms with Crippen molar-refractivity contribution in [3.8, 4) is 22.6 Å². The maximum Gasteiger partial charge on any atom is 0.201 e. The molecular weight excluding hydrogens is 432 g/mol. The molecule has 3 unspecified atom stereocenters. The van der Waals surface area contributed by atoms with Crippen molar-refractivity contribution in [2.45, 2.75) is 52.4 Å². The maximum atomic E-state index is 14.8. The van der Waals surface area contributed by atoms with Crippen LogP contribution in [0.25, 0.3) is 11.1 Å². The highest BCUT2D eigenvalue weighted by Crippen LogP contribution is 2.49. The molecule has 0 heterocycles. The number of ether oxygens (including phenoxy) is 2. The first-order chi connectivity index (χ1) is 16.0. The Balaban J connectivity index is 1.48. The van der Waals surface area contributed by atoms with Crippen LogP contribution < -0.4 is 9.47 Å². The molecule has 2 aromatic carbocycles. The molecule has 6 heteroatoms. The van der Waals surface area contributed by atoms with Gasteiger partial charge >= 0.3 is 0 Å². The van der Waals surface area contributed by atoms with Crippen molar-refractivity contribution in [1.29, 1.82) is 0 Å². The lowest BCUT2D eigenvalue weighted by atomic mass is 9.87. The van der Waals surface area contributed by atoms with Crippen LogP contribution in [-0.2, 0) is 0 Å². The minimum atomic E-state index is -1.28. The van der Waals surface area contributed by atoms with E-state index >= 15 is 0 Å². The van der Waals surface area contributed by atoms with Crippen LogP contribution in [0.2, 0.25) is 0 Å². The highest BCUT2D eigenvalue weighted by Gasteiger charge is 2.40. The van der Waals surface area contributed by atoms with E-state index in [-0.39, 0.29) is 35.8 Å². The van der Waals surface area contributed by atoms with Gasteiger partial charge in [-0.05, 0) is 73.3 Å². The number of halogens is 4. The molecule has 33 heavy (non-hydrogen) atoms. The van der Waals surface area contributed by atoms with Gasteiger partial charge in [-0.15, -0.1) is 0 Å². The molecule has 0 aromatic heterocycles. The summed E-state index contributed by atoms with van der Waals surface area (Å²) in [7, 11) is 0. The first-order valence-electron chi connectivity index (χ1n) is 11.9. The lowest BCUT2D eigenvalue weighted by Gasteiger charge is -2.20. The Kier molecular flexibility index (Phi) is 7.30. The monoisotopic (exact) mass is 462 g/mol. The first-order valence-corrected chi connectivity index (χ1v) is 11.9. The summed E-state index contributed by atoms with van der Waals surface area (Å²) in [6.07, 6.45) is 8.56. The Morgan fingerprint density at radius 2 is 1.42 bits per heavy atom. The van der Waals surface area contributed by atoms with E-state index in [9.17, 15) is 17.6 Å². The number of benzene rings is 2. The van der Waals surface area contributed by atoms with Crippen LogP contribution in [0.5, 0.6) is 11.5 Å². The van der Waals surface area contributed by atoms with Crippen molar-refractivity contribution in [3.05, 3.63) is 59.2 Å². The summed E-state index contributed by atoms with van der Waals surface area (Å²) in [5.41, 5.74) is 0.420. The third kappa shape index (κ3) is 4.62. The third-order valence-corrected chi connectivity index (χ3v) is 7.00. The smallest absolute Gasteiger partial charge is 0.201 e. The molecule has 2 aromatic rings. The molecule has 0 N–H and O–H groups in total. The van der Waals surface area contributed by atoms with Crippen molar-refractivity contribution >= 4 is 0 Å². The van der Waals surface area contributed by atoms with Crippen LogP contribution in [0.15, 0.2) is 35.9 Å². The predicted molar refractivity (Wildman–Crippen MR) is 120 cm³/mol. The minimum absolute atomic E-state index is 0.210. The van der Waals surface area contributed by atoms with Crippen LogP contribution in [0.1, 0.15) is 52.4 Å². The number of allylic oxidation sites excluding steroid dienone is 1. The zero-order valence-corrected chi connectivity index (χ0v) is 19.1. The first kappa shape index (κ1) is 23.7. The summed E-state index contributed by atoms with van der Waals surface area (Å²) in [4.78, 5) is 0. The van der Waals surface area contributed by atoms with Gasteiger partial charge in [0.1, 0.15) is 6.61 Å². The molecule has 1 fully saturated rings. The fourth-order valence-electron chi connectivity index (χ4n) is 5.38. The van der Waals surface area contributed by atoms with Crippen molar-refractivity contribution in [1.82, 2.24) is 0 Å². The van der Waals surface area contributed by atoms with Crippen molar-refractivity contribution in [3.63, 3.8) is 0 Å². The van der Waals surface area contributed by atoms with Gasteiger partial charge in [0, 0.05) is 11.1 Å². The van der Waals surface area contributed by atoms with Crippen molar-refractivity contribution < 1.29 is 27.0 Å². The van der Waals surface area contributed by atoms with E-state index in [0.717, 1.165) is 24.3 Å². The summed E-state index contributed by atoms with van der Waals surface area (Å²) in [6, 6.07) is 4.91. The highest BCUT2D eigenvalue weighted by atomic mass is 19.2. The average molecular weight is 463 g/mol. The second-order valence-corrected chi connectivity index (χ2v) is 9.03. The van der Waals surface area contributed by atoms with Gasteiger partial charge in [0.25, 0.3) is 0 Å². The predicted octanol–water partition coefficient (Wildman–Crippen LogP) is 7.85. The van der Waals surface area contributed by atoms with E-state index in [1.54, 1.807) is 0 Å². The Hall–Kier alpha value is -2.50. The summed E-state index contributed by atoms with van der Waals surface area (Å²) < 4.78 is 69.3. The topological polar surface area (TPSA) is 18.5 Å². The molecule has 2 aliphatic carbocycles. The van der Waals surface area contributed by atoms with E-state index in [4.69, 9.17) is 9.47 Å². The molecule has 2 aliphatic rings. The SMILES string of the molecule is CCCOc1ccc(-c2ccc(OCC3=CCC4C(CCC)CCC34)c(F)c2F)c(F)c1F. The molecule has 0 aliphatic heterocycles. The largest absolute Gasteiger partial charge is 0.490 e. The van der Waals surface area contributed by atoms with E-state index in [1.807, 2.05) is 6.92 Å². The van der Waals surface area contributed by atoms with Gasteiger partial charge in [-0.1, -0.05) is 32.8 Å². The molecule has 0 spiro atoms. The summed E-state index contributed by atoms with van der Waals surface area (Å²) >= 11 is 0. The van der Waals surface area contributed by atoms with Gasteiger partial charge in [0.05, 0.1) is 6.61 Å². The second kappa shape index (κ2) is 10.2. The molecule has 2 nitrogen and oxygen atoms in total. The third-order valence-electron chi connectivity index (χ3n) is 7.00. The number of rotatable bonds is 9. The molecule has 1 saturated carbocycles. The normalized spacial score (nSPS) is 21.8. The quantitative estimate of drug-likeness (QED) is 0.279. The van der Waals surface area contributed by atoms with Gasteiger partial charge in [0.15, 0.2) is 23.1 Å². The maximum absolute atomic E-state index is 14.8. The molecule has 0 amide bonds. The molecule has 0 radical (unpaired) electrons. The van der Waals surface area contributed by atoms with E-state index < -0.39 is 23.3 Å². The second-order valence-electron chi connectivity index (χ2n) is 9.03. The summed E-state index contributed by atoms with van der Waals surface area (Å²) in [6.45, 7) is 4.47. The fourth-order valence-corrected chi connectivity index (χ4v) is 5.38. The number of hydrogen-bond acceptors (Lipinski definition) is 2. The van der Waals surface area contributed by atoms with Gasteiger partial charge in [-0.3, -0.25) is 0 Å². The van der Waals surface area contributed by atoms with Gasteiger partial charge in [-0.25, -0.2) is 8.78 Å². The number of hydrogen-bond donors (Lipinski definition) is 0. The lowest BCUT2D eigenvalue weighted by Crippen LogP contribution is -2.14. The van der Waals surface area contributed by atoms with E-state index in [2.05, 4.69) is 13.0 Å². The zero-order valence-electron chi connectivity index (χ0n) is 19.1. The van der Waals surface area contributed by atoms with Gasteiger partial charge in [-0.2, -0.15) is 8.78 Å². The molecular formula is C27H30F4O2. The van der Waals surface area contributed by atoms with E-state index in [0.29, 0.717) is 18.3 Å². The zero-order chi connectivity index (χ0) is 23.5. The van der Waals surface area contributed by atoms with Gasteiger partial charge in [0.2, 0.25) is 11.6 Å². The molecule has 178 valence electrons. The van der Waals surface area contributed by atoms with Crippen LogP contribution in [0.4, 0.5) is 17.6 Å². The standard InChI is InChI=1S/C27H30F4O2/c1-3-5-16-6-8-19-17(7-9-18(16)19)15-33-23-13-11-21(25(29)27(23)31)20-10-12-22(32-14-4-2)26(30)24(20)28/h7,10-13,16,18-19H,3-6,8-9,14-15H2,1-2H3. The number of fused-ring (bicyclic) bond motifs is 1. The average Bonchev–Trinajstić information content (AvgIpc) is 3.40. The van der Waals surface area contributed by atoms with Crippen molar-refractivity contribution in [2.75, 3.05) is 13.2 Å². The molecule has 4 rings (SSSR count). The van der Waals surface area contributed by atoms with Crippen molar-refractivity contribution in [2.24, 2.45) is 17.8 Å². The van der Waals surface area contributed by atoms with Crippen LogP contribution >= 0.6 is 0 Å². The molecule has 0 bridgehead atoms. The molecule has 3 atom stereocenters. The fraction of sp³-hybridized carbons (Fsp3) is 0.481. The lowest BCUT2D eigenvalue weighted by molar-refractivity contribution is 0.294. The van der Waals surface area contributed by atoms with Crippen LogP contribution in [0, 0.1) is 41.0 Å². The highest BCUT2D eigenvalue weighted by molar-refractivity contribution is 5.67. The Bertz CT molecular complexity index is 1030. The van der Waals surface area contributed by atoms with Crippen LogP contribution in [-0.4, -0.2) is 13.2 Å².